The third-order valence-electron chi connectivity index (χ3n) is 6.12. The Morgan fingerprint density at radius 1 is 1.29 bits per heavy atom. The van der Waals surface area contributed by atoms with Crippen molar-refractivity contribution >= 4 is 5.82 Å². The van der Waals surface area contributed by atoms with Crippen LogP contribution in [0.2, 0.25) is 0 Å². The zero-order valence-corrected chi connectivity index (χ0v) is 20.6. The van der Waals surface area contributed by atoms with Gasteiger partial charge in [0.2, 0.25) is 0 Å². The summed E-state index contributed by atoms with van der Waals surface area (Å²) in [6, 6.07) is 7.05. The van der Waals surface area contributed by atoms with Crippen molar-refractivity contribution in [2.45, 2.75) is 45.5 Å². The van der Waals surface area contributed by atoms with Gasteiger partial charge in [0.15, 0.2) is 5.82 Å². The first-order valence-corrected chi connectivity index (χ1v) is 11.9. The quantitative estimate of drug-likeness (QED) is 0.364. The van der Waals surface area contributed by atoms with Crippen molar-refractivity contribution in [2.75, 3.05) is 38.6 Å². The molecule has 0 radical (unpaired) electrons. The predicted octanol–water partition coefficient (Wildman–Crippen LogP) is 2.79. The summed E-state index contributed by atoms with van der Waals surface area (Å²) in [7, 11) is 1.77. The summed E-state index contributed by atoms with van der Waals surface area (Å²) in [5.41, 5.74) is 3.76. The minimum absolute atomic E-state index is 0.157. The van der Waals surface area contributed by atoms with E-state index in [9.17, 15) is 9.50 Å². The lowest BCUT2D eigenvalue weighted by Crippen LogP contribution is -2.45. The average molecular weight is 485 g/mol. The van der Waals surface area contributed by atoms with E-state index in [0.717, 1.165) is 28.9 Å². The number of aryl methyl sites for hydroxylation is 2. The SMILES string of the molecule is CNCC(O)COc1cccc(-c2nc(N[C@@H]3CCNC[C@@H]3F)c(C)c(-c3c(C)noc3C)n2)c1. The van der Waals surface area contributed by atoms with E-state index in [1.807, 2.05) is 45.0 Å². The highest BCUT2D eigenvalue weighted by molar-refractivity contribution is 5.74. The van der Waals surface area contributed by atoms with Crippen molar-refractivity contribution in [3.8, 4) is 28.4 Å². The van der Waals surface area contributed by atoms with Crippen LogP contribution >= 0.6 is 0 Å². The van der Waals surface area contributed by atoms with E-state index >= 15 is 0 Å². The molecule has 1 saturated heterocycles. The van der Waals surface area contributed by atoms with Crippen molar-refractivity contribution in [1.82, 2.24) is 25.8 Å². The molecule has 0 saturated carbocycles. The number of nitrogens with zero attached hydrogens (tertiary/aromatic N) is 3. The molecule has 3 aromatic rings. The Kier molecular flexibility index (Phi) is 7.94. The second-order valence-electron chi connectivity index (χ2n) is 8.88. The molecule has 3 atom stereocenters. The number of nitrogens with one attached hydrogen (secondary N) is 3. The lowest BCUT2D eigenvalue weighted by molar-refractivity contribution is 0.108. The summed E-state index contributed by atoms with van der Waals surface area (Å²) in [6.07, 6.45) is -0.997. The average Bonchev–Trinajstić information content (AvgIpc) is 3.18. The lowest BCUT2D eigenvalue weighted by Gasteiger charge is -2.28. The van der Waals surface area contributed by atoms with E-state index in [0.29, 0.717) is 48.4 Å². The van der Waals surface area contributed by atoms with Crippen molar-refractivity contribution in [1.29, 1.82) is 0 Å². The summed E-state index contributed by atoms with van der Waals surface area (Å²) in [4.78, 5) is 9.66. The van der Waals surface area contributed by atoms with Crippen LogP contribution in [0.1, 0.15) is 23.4 Å². The van der Waals surface area contributed by atoms with Crippen LogP contribution in [0.25, 0.3) is 22.6 Å². The standard InChI is InChI=1S/C25H33FN6O3/c1-14-23(22-15(2)32-35-16(22)3)30-25(31-24(14)29-21-8-9-28-12-20(21)26)17-6-5-7-19(10-17)34-13-18(33)11-27-4/h5-7,10,18,20-21,27-28,33H,8-9,11-13H2,1-4H3,(H,29,30,31)/t18?,20-,21+/m0/s1. The Balaban J connectivity index is 1.73. The Bertz CT molecular complexity index is 1130. The smallest absolute Gasteiger partial charge is 0.162 e. The van der Waals surface area contributed by atoms with Crippen LogP contribution in [-0.4, -0.2) is 71.8 Å². The molecule has 0 spiro atoms. The van der Waals surface area contributed by atoms with Gasteiger partial charge in [0, 0.05) is 24.2 Å². The predicted molar refractivity (Wildman–Crippen MR) is 132 cm³/mol. The van der Waals surface area contributed by atoms with E-state index in [2.05, 4.69) is 21.1 Å². The molecule has 1 aliphatic rings. The second kappa shape index (κ2) is 11.1. The van der Waals surface area contributed by atoms with Gasteiger partial charge in [0.25, 0.3) is 0 Å². The van der Waals surface area contributed by atoms with Gasteiger partial charge in [-0.05, 0) is 52.9 Å². The fourth-order valence-corrected chi connectivity index (χ4v) is 4.22. The topological polar surface area (TPSA) is 117 Å². The molecular formula is C25H33FN6O3. The molecule has 2 aromatic heterocycles. The normalized spacial score (nSPS) is 18.9. The maximum atomic E-state index is 14.6. The number of anilines is 1. The molecular weight excluding hydrogens is 451 g/mol. The van der Waals surface area contributed by atoms with Crippen LogP contribution in [-0.2, 0) is 0 Å². The summed E-state index contributed by atoms with van der Waals surface area (Å²) >= 11 is 0. The van der Waals surface area contributed by atoms with Gasteiger partial charge in [0.05, 0.1) is 23.0 Å². The lowest BCUT2D eigenvalue weighted by atomic mass is 10.0. The number of hydrogen-bond donors (Lipinski definition) is 4. The van der Waals surface area contributed by atoms with Gasteiger partial charge >= 0.3 is 0 Å². The molecule has 4 N–H and O–H groups in total. The van der Waals surface area contributed by atoms with Gasteiger partial charge in [-0.15, -0.1) is 0 Å². The van der Waals surface area contributed by atoms with Crippen LogP contribution in [0.15, 0.2) is 28.8 Å². The maximum absolute atomic E-state index is 14.6. The number of aliphatic hydroxyl groups is 1. The molecule has 4 rings (SSSR count). The molecule has 0 aliphatic carbocycles. The number of halogens is 1. The van der Waals surface area contributed by atoms with Gasteiger partial charge < -0.3 is 30.3 Å². The number of hydrogen-bond acceptors (Lipinski definition) is 9. The van der Waals surface area contributed by atoms with Gasteiger partial charge in [-0.1, -0.05) is 17.3 Å². The molecule has 9 nitrogen and oxygen atoms in total. The van der Waals surface area contributed by atoms with Crippen molar-refractivity contribution in [2.24, 2.45) is 0 Å². The molecule has 188 valence electrons. The Morgan fingerprint density at radius 2 is 2.11 bits per heavy atom. The molecule has 1 aliphatic heterocycles. The van der Waals surface area contributed by atoms with Crippen LogP contribution in [0.4, 0.5) is 10.2 Å². The van der Waals surface area contributed by atoms with E-state index in [4.69, 9.17) is 19.2 Å². The van der Waals surface area contributed by atoms with E-state index < -0.39 is 12.3 Å². The van der Waals surface area contributed by atoms with E-state index in [-0.39, 0.29) is 12.6 Å². The highest BCUT2D eigenvalue weighted by Gasteiger charge is 2.27. The van der Waals surface area contributed by atoms with Gasteiger partial charge in [-0.2, -0.15) is 0 Å². The molecule has 1 aromatic carbocycles. The van der Waals surface area contributed by atoms with E-state index in [1.165, 1.54) is 0 Å². The van der Waals surface area contributed by atoms with Crippen molar-refractivity contribution in [3.63, 3.8) is 0 Å². The molecule has 0 amide bonds. The number of ether oxygens (including phenoxy) is 1. The summed E-state index contributed by atoms with van der Waals surface area (Å²) in [5.74, 6) is 2.30. The highest BCUT2D eigenvalue weighted by atomic mass is 19.1. The van der Waals surface area contributed by atoms with Crippen LogP contribution in [0.5, 0.6) is 5.75 Å². The molecule has 0 bridgehead atoms. The molecule has 10 heteroatoms. The minimum Gasteiger partial charge on any atom is -0.491 e. The van der Waals surface area contributed by atoms with Crippen LogP contribution < -0.4 is 20.7 Å². The largest absolute Gasteiger partial charge is 0.491 e. The Labute approximate surface area is 204 Å². The Morgan fingerprint density at radius 3 is 2.83 bits per heavy atom. The number of rotatable bonds is 9. The number of aliphatic hydroxyl groups excluding tert-OH is 1. The second-order valence-corrected chi connectivity index (χ2v) is 8.88. The third-order valence-corrected chi connectivity index (χ3v) is 6.12. The summed E-state index contributed by atoms with van der Waals surface area (Å²) in [5, 5.41) is 23.4. The van der Waals surface area contributed by atoms with Gasteiger partial charge in [0.1, 0.15) is 36.2 Å². The zero-order chi connectivity index (χ0) is 24.9. The number of benzene rings is 1. The fraction of sp³-hybridized carbons (Fsp3) is 0.480. The fourth-order valence-electron chi connectivity index (χ4n) is 4.22. The first kappa shape index (κ1) is 25.0. The van der Waals surface area contributed by atoms with Crippen LogP contribution in [0.3, 0.4) is 0 Å². The molecule has 35 heavy (non-hydrogen) atoms. The first-order chi connectivity index (χ1) is 16.9. The number of alkyl halides is 1. The Hall–Kier alpha value is -3.08. The number of aromatic nitrogens is 3. The molecule has 3 heterocycles. The molecule has 1 unspecified atom stereocenters. The zero-order valence-electron chi connectivity index (χ0n) is 20.6. The number of likely N-dealkylation sites (N-methyl/N-ethyl adjacent to an activating group) is 1. The monoisotopic (exact) mass is 484 g/mol. The highest BCUT2D eigenvalue weighted by Crippen LogP contribution is 2.34. The third kappa shape index (κ3) is 5.77. The van der Waals surface area contributed by atoms with Crippen LogP contribution in [0, 0.1) is 20.8 Å². The minimum atomic E-state index is -1.02. The van der Waals surface area contributed by atoms with Gasteiger partial charge in [-0.25, -0.2) is 14.4 Å². The summed E-state index contributed by atoms with van der Waals surface area (Å²) in [6.45, 7) is 7.28. The maximum Gasteiger partial charge on any atom is 0.162 e. The number of piperidine rings is 1. The first-order valence-electron chi connectivity index (χ1n) is 11.9. The van der Waals surface area contributed by atoms with Gasteiger partial charge in [-0.3, -0.25) is 0 Å². The van der Waals surface area contributed by atoms with Crippen molar-refractivity contribution in [3.05, 3.63) is 41.3 Å². The molecule has 1 fully saturated rings. The summed E-state index contributed by atoms with van der Waals surface area (Å²) < 4.78 is 25.8. The van der Waals surface area contributed by atoms with Crippen molar-refractivity contribution < 1.29 is 18.8 Å². The van der Waals surface area contributed by atoms with E-state index in [1.54, 1.807) is 7.05 Å².